The van der Waals surface area contributed by atoms with E-state index in [4.69, 9.17) is 4.74 Å². The number of ether oxygens (including phenoxy) is 1. The first-order chi connectivity index (χ1) is 9.11. The first-order valence-electron chi connectivity index (χ1n) is 6.39. The van der Waals surface area contributed by atoms with E-state index in [0.29, 0.717) is 6.42 Å². The summed E-state index contributed by atoms with van der Waals surface area (Å²) in [4.78, 5) is 14.5. The fraction of sp³-hybridized carbons (Fsp3) is 0.500. The Bertz CT molecular complexity index is 465. The zero-order chi connectivity index (χ0) is 13.8. The van der Waals surface area contributed by atoms with E-state index >= 15 is 0 Å². The fourth-order valence-corrected chi connectivity index (χ4v) is 2.80. The van der Waals surface area contributed by atoms with Crippen LogP contribution in [0.4, 0.5) is 0 Å². The van der Waals surface area contributed by atoms with Gasteiger partial charge in [0.15, 0.2) is 5.78 Å². The molecule has 0 saturated carbocycles. The fourth-order valence-electron chi connectivity index (χ4n) is 2.26. The van der Waals surface area contributed by atoms with Gasteiger partial charge in [0.1, 0.15) is 5.75 Å². The van der Waals surface area contributed by atoms with Gasteiger partial charge in [-0.15, -0.1) is 0 Å². The second kappa shape index (κ2) is 6.50. The van der Waals surface area contributed by atoms with Crippen LogP contribution in [0.25, 0.3) is 0 Å². The molecule has 0 bridgehead atoms. The standard InChI is InChI=1S/C14H19BrN2O2/c1-17-6-5-16-9-11(17)8-13(18)10-3-4-14(19-2)12(15)7-10/h3-4,7,11,16H,5-6,8-9H2,1-2H3. The molecule has 1 atom stereocenters. The summed E-state index contributed by atoms with van der Waals surface area (Å²) < 4.78 is 5.99. The van der Waals surface area contributed by atoms with Crippen LogP contribution < -0.4 is 10.1 Å². The van der Waals surface area contributed by atoms with Crippen LogP contribution in [-0.2, 0) is 0 Å². The molecule has 1 N–H and O–H groups in total. The lowest BCUT2D eigenvalue weighted by Crippen LogP contribution is -2.49. The van der Waals surface area contributed by atoms with Crippen molar-refractivity contribution in [3.8, 4) is 5.75 Å². The molecule has 0 aliphatic carbocycles. The van der Waals surface area contributed by atoms with E-state index in [1.54, 1.807) is 7.11 Å². The lowest BCUT2D eigenvalue weighted by molar-refractivity contribution is 0.0917. The summed E-state index contributed by atoms with van der Waals surface area (Å²) in [6.45, 7) is 2.86. The molecule has 1 saturated heterocycles. The molecule has 5 heteroatoms. The third kappa shape index (κ3) is 3.55. The molecule has 19 heavy (non-hydrogen) atoms. The van der Waals surface area contributed by atoms with Gasteiger partial charge in [-0.1, -0.05) is 0 Å². The van der Waals surface area contributed by atoms with Crippen molar-refractivity contribution in [2.75, 3.05) is 33.8 Å². The van der Waals surface area contributed by atoms with E-state index in [-0.39, 0.29) is 11.8 Å². The first-order valence-corrected chi connectivity index (χ1v) is 7.19. The molecule has 104 valence electrons. The molecule has 0 spiro atoms. The topological polar surface area (TPSA) is 41.6 Å². The number of Topliss-reactive ketones (excluding diaryl/α,β-unsaturated/α-hetero) is 1. The lowest BCUT2D eigenvalue weighted by Gasteiger charge is -2.32. The maximum absolute atomic E-state index is 12.3. The summed E-state index contributed by atoms with van der Waals surface area (Å²) in [6, 6.07) is 5.75. The number of nitrogens with one attached hydrogen (secondary N) is 1. The highest BCUT2D eigenvalue weighted by Gasteiger charge is 2.22. The number of likely N-dealkylation sites (N-methyl/N-ethyl adjacent to an activating group) is 1. The molecule has 0 radical (unpaired) electrons. The number of carbonyl (C=O) groups is 1. The quantitative estimate of drug-likeness (QED) is 0.858. The Morgan fingerprint density at radius 2 is 2.37 bits per heavy atom. The zero-order valence-electron chi connectivity index (χ0n) is 11.3. The van der Waals surface area contributed by atoms with Gasteiger partial charge < -0.3 is 15.0 Å². The molecular weight excluding hydrogens is 308 g/mol. The Morgan fingerprint density at radius 1 is 1.58 bits per heavy atom. The summed E-state index contributed by atoms with van der Waals surface area (Å²) in [6.07, 6.45) is 0.544. The monoisotopic (exact) mass is 326 g/mol. The number of carbonyl (C=O) groups excluding carboxylic acids is 1. The molecule has 1 aliphatic rings. The van der Waals surface area contributed by atoms with E-state index in [0.717, 1.165) is 35.4 Å². The molecule has 1 aromatic carbocycles. The summed E-state index contributed by atoms with van der Waals surface area (Å²) in [5, 5.41) is 3.33. The van der Waals surface area contributed by atoms with Gasteiger partial charge in [0.2, 0.25) is 0 Å². The highest BCUT2D eigenvalue weighted by Crippen LogP contribution is 2.26. The summed E-state index contributed by atoms with van der Waals surface area (Å²) in [7, 11) is 3.69. The van der Waals surface area contributed by atoms with Crippen LogP contribution in [0.1, 0.15) is 16.8 Å². The first kappa shape index (κ1) is 14.5. The Hall–Kier alpha value is -0.910. The van der Waals surface area contributed by atoms with Gasteiger partial charge in [-0.3, -0.25) is 4.79 Å². The molecule has 1 fully saturated rings. The molecule has 1 unspecified atom stereocenters. The summed E-state index contributed by atoms with van der Waals surface area (Å²) >= 11 is 3.41. The largest absolute Gasteiger partial charge is 0.496 e. The maximum atomic E-state index is 12.3. The molecule has 1 aliphatic heterocycles. The molecule has 1 heterocycles. The summed E-state index contributed by atoms with van der Waals surface area (Å²) in [5.41, 5.74) is 0.728. The van der Waals surface area contributed by atoms with E-state index < -0.39 is 0 Å². The Labute approximate surface area is 122 Å². The van der Waals surface area contributed by atoms with E-state index in [2.05, 4.69) is 33.2 Å². The average Bonchev–Trinajstić information content (AvgIpc) is 2.41. The van der Waals surface area contributed by atoms with E-state index in [1.165, 1.54) is 0 Å². The smallest absolute Gasteiger partial charge is 0.164 e. The number of halogens is 1. The van der Waals surface area contributed by atoms with Gasteiger partial charge in [-0.25, -0.2) is 0 Å². The second-order valence-corrected chi connectivity index (χ2v) is 5.67. The van der Waals surface area contributed by atoms with Crippen molar-refractivity contribution in [2.24, 2.45) is 0 Å². The van der Waals surface area contributed by atoms with Crippen LogP contribution in [0, 0.1) is 0 Å². The van der Waals surface area contributed by atoms with Gasteiger partial charge in [-0.05, 0) is 41.2 Å². The molecular formula is C14H19BrN2O2. The van der Waals surface area contributed by atoms with Crippen molar-refractivity contribution in [1.82, 2.24) is 10.2 Å². The highest BCUT2D eigenvalue weighted by atomic mass is 79.9. The van der Waals surface area contributed by atoms with Crippen molar-refractivity contribution >= 4 is 21.7 Å². The zero-order valence-corrected chi connectivity index (χ0v) is 12.9. The average molecular weight is 327 g/mol. The predicted molar refractivity (Wildman–Crippen MR) is 78.9 cm³/mol. The number of ketones is 1. The third-order valence-electron chi connectivity index (χ3n) is 3.54. The minimum Gasteiger partial charge on any atom is -0.496 e. The molecule has 0 aromatic heterocycles. The van der Waals surface area contributed by atoms with Crippen molar-refractivity contribution in [2.45, 2.75) is 12.5 Å². The third-order valence-corrected chi connectivity index (χ3v) is 4.16. The van der Waals surface area contributed by atoms with Crippen LogP contribution in [0.15, 0.2) is 22.7 Å². The normalized spacial score (nSPS) is 20.3. The molecule has 1 aromatic rings. The predicted octanol–water partition coefficient (Wildman–Crippen LogP) is 1.93. The van der Waals surface area contributed by atoms with Crippen molar-refractivity contribution in [1.29, 1.82) is 0 Å². The number of methoxy groups -OCH3 is 1. The van der Waals surface area contributed by atoms with E-state index in [1.807, 2.05) is 18.2 Å². The minimum atomic E-state index is 0.170. The second-order valence-electron chi connectivity index (χ2n) is 4.82. The van der Waals surface area contributed by atoms with Gasteiger partial charge in [-0.2, -0.15) is 0 Å². The van der Waals surface area contributed by atoms with Gasteiger partial charge in [0, 0.05) is 37.7 Å². The summed E-state index contributed by atoms with van der Waals surface area (Å²) in [5.74, 6) is 0.914. The Balaban J connectivity index is 2.05. The van der Waals surface area contributed by atoms with Gasteiger partial charge in [0.05, 0.1) is 11.6 Å². The molecule has 4 nitrogen and oxygen atoms in total. The Morgan fingerprint density at radius 3 is 3.00 bits per heavy atom. The highest BCUT2D eigenvalue weighted by molar-refractivity contribution is 9.10. The Kier molecular flexibility index (Phi) is 4.96. The van der Waals surface area contributed by atoms with Crippen molar-refractivity contribution in [3.63, 3.8) is 0 Å². The minimum absolute atomic E-state index is 0.170. The van der Waals surface area contributed by atoms with E-state index in [9.17, 15) is 4.79 Å². The molecule has 2 rings (SSSR count). The molecule has 0 amide bonds. The lowest BCUT2D eigenvalue weighted by atomic mass is 10.0. The number of hydrogen-bond donors (Lipinski definition) is 1. The number of piperazine rings is 1. The van der Waals surface area contributed by atoms with Crippen molar-refractivity contribution < 1.29 is 9.53 Å². The number of nitrogens with zero attached hydrogens (tertiary/aromatic N) is 1. The van der Waals surface area contributed by atoms with Crippen LogP contribution >= 0.6 is 15.9 Å². The number of hydrogen-bond acceptors (Lipinski definition) is 4. The van der Waals surface area contributed by atoms with Crippen LogP contribution in [-0.4, -0.2) is 50.5 Å². The number of rotatable bonds is 4. The maximum Gasteiger partial charge on any atom is 0.164 e. The van der Waals surface area contributed by atoms with Crippen molar-refractivity contribution in [3.05, 3.63) is 28.2 Å². The van der Waals surface area contributed by atoms with Gasteiger partial charge in [0.25, 0.3) is 0 Å². The number of benzene rings is 1. The van der Waals surface area contributed by atoms with Crippen LogP contribution in [0.3, 0.4) is 0 Å². The SMILES string of the molecule is COc1ccc(C(=O)CC2CNCCN2C)cc1Br. The van der Waals surface area contributed by atoms with Crippen LogP contribution in [0.5, 0.6) is 5.75 Å². The van der Waals surface area contributed by atoms with Crippen LogP contribution in [0.2, 0.25) is 0 Å². The van der Waals surface area contributed by atoms with Gasteiger partial charge >= 0.3 is 0 Å².